The fraction of sp³-hybridized carbons (Fsp3) is 0.364. The summed E-state index contributed by atoms with van der Waals surface area (Å²) in [7, 11) is 0. The van der Waals surface area contributed by atoms with Gasteiger partial charge in [-0.05, 0) is 63.3 Å². The molecule has 0 fully saturated rings. The molecule has 0 spiro atoms. The molecule has 0 bridgehead atoms. The highest BCUT2D eigenvalue weighted by Crippen LogP contribution is 2.40. The van der Waals surface area contributed by atoms with Gasteiger partial charge < -0.3 is 0 Å². The number of fused-ring (bicyclic) bond motifs is 5. The highest BCUT2D eigenvalue weighted by Gasteiger charge is 2.29. The van der Waals surface area contributed by atoms with Crippen LogP contribution in [0.3, 0.4) is 0 Å². The Morgan fingerprint density at radius 3 is 2.41 bits per heavy atom. The van der Waals surface area contributed by atoms with Crippen LogP contribution in [0.5, 0.6) is 0 Å². The summed E-state index contributed by atoms with van der Waals surface area (Å²) in [5.41, 5.74) is 3.59. The maximum atomic E-state index is 2.39. The van der Waals surface area contributed by atoms with Gasteiger partial charge in [-0.1, -0.05) is 69.3 Å². The van der Waals surface area contributed by atoms with E-state index in [4.69, 9.17) is 0 Å². The van der Waals surface area contributed by atoms with Crippen molar-refractivity contribution in [2.75, 3.05) is 0 Å². The van der Waals surface area contributed by atoms with Crippen LogP contribution in [0.1, 0.15) is 38.3 Å². The lowest BCUT2D eigenvalue weighted by atomic mass is 9.70. The van der Waals surface area contributed by atoms with E-state index in [-0.39, 0.29) is 0 Å². The summed E-state index contributed by atoms with van der Waals surface area (Å²) < 4.78 is 0. The van der Waals surface area contributed by atoms with E-state index in [9.17, 15) is 0 Å². The predicted molar refractivity (Wildman–Crippen MR) is 96.4 cm³/mol. The molecule has 0 heterocycles. The molecule has 3 aromatic rings. The zero-order valence-corrected chi connectivity index (χ0v) is 13.8. The number of hydrogen-bond donors (Lipinski definition) is 0. The molecular formula is C22H24. The second kappa shape index (κ2) is 4.84. The van der Waals surface area contributed by atoms with E-state index in [1.54, 1.807) is 11.1 Å². The Kier molecular flexibility index (Phi) is 3.04. The van der Waals surface area contributed by atoms with Crippen LogP contribution in [0.2, 0.25) is 0 Å². The minimum Gasteiger partial charge on any atom is -0.0616 e. The first kappa shape index (κ1) is 13.8. The molecule has 0 saturated heterocycles. The third-order valence-electron chi connectivity index (χ3n) is 5.57. The average Bonchev–Trinajstić information content (AvgIpc) is 2.52. The Morgan fingerprint density at radius 1 is 0.818 bits per heavy atom. The smallest absolute Gasteiger partial charge is 0.0102 e. The van der Waals surface area contributed by atoms with Gasteiger partial charge in [-0.25, -0.2) is 0 Å². The minimum atomic E-state index is 0.413. The van der Waals surface area contributed by atoms with Crippen molar-refractivity contribution in [2.45, 2.75) is 40.0 Å². The molecule has 0 N–H and O–H groups in total. The van der Waals surface area contributed by atoms with E-state index in [2.05, 4.69) is 69.3 Å². The summed E-state index contributed by atoms with van der Waals surface area (Å²) >= 11 is 0. The third kappa shape index (κ3) is 2.13. The Bertz CT molecular complexity index is 849. The van der Waals surface area contributed by atoms with Crippen molar-refractivity contribution in [3.8, 4) is 0 Å². The summed E-state index contributed by atoms with van der Waals surface area (Å²) in [6.07, 6.45) is 3.79. The predicted octanol–water partition coefficient (Wildman–Crippen LogP) is 6.14. The topological polar surface area (TPSA) is 0 Å². The monoisotopic (exact) mass is 288 g/mol. The van der Waals surface area contributed by atoms with Gasteiger partial charge in [0.2, 0.25) is 0 Å². The highest BCUT2D eigenvalue weighted by atomic mass is 14.3. The second-order valence-corrected chi connectivity index (χ2v) is 7.89. The van der Waals surface area contributed by atoms with Crippen molar-refractivity contribution >= 4 is 21.5 Å². The van der Waals surface area contributed by atoms with E-state index in [0.717, 1.165) is 5.92 Å². The number of benzene rings is 3. The lowest BCUT2D eigenvalue weighted by Crippen LogP contribution is -2.26. The first-order chi connectivity index (χ1) is 10.5. The van der Waals surface area contributed by atoms with Gasteiger partial charge in [0.05, 0.1) is 0 Å². The summed E-state index contributed by atoms with van der Waals surface area (Å²) in [6, 6.07) is 18.1. The van der Waals surface area contributed by atoms with Gasteiger partial charge in [-0.2, -0.15) is 0 Å². The summed E-state index contributed by atoms with van der Waals surface area (Å²) in [5, 5.41) is 5.63. The van der Waals surface area contributed by atoms with Crippen LogP contribution in [0.15, 0.2) is 48.5 Å². The number of hydrogen-bond acceptors (Lipinski definition) is 0. The normalized spacial score (nSPS) is 18.6. The van der Waals surface area contributed by atoms with Crippen molar-refractivity contribution in [3.05, 3.63) is 59.7 Å². The zero-order chi connectivity index (χ0) is 15.3. The molecule has 1 atom stereocenters. The fourth-order valence-corrected chi connectivity index (χ4v) is 4.11. The first-order valence-corrected chi connectivity index (χ1v) is 8.46. The van der Waals surface area contributed by atoms with Crippen LogP contribution >= 0.6 is 0 Å². The third-order valence-corrected chi connectivity index (χ3v) is 5.57. The summed E-state index contributed by atoms with van der Waals surface area (Å²) in [4.78, 5) is 0. The Balaban J connectivity index is 1.90. The van der Waals surface area contributed by atoms with Gasteiger partial charge in [0.1, 0.15) is 0 Å². The molecule has 4 rings (SSSR count). The van der Waals surface area contributed by atoms with Crippen LogP contribution in [0.25, 0.3) is 21.5 Å². The lowest BCUT2D eigenvalue weighted by Gasteiger charge is -2.35. The SMILES string of the molecule is CC(C)(C)C1CCc2c(ccc3c2ccc2ccccc23)C1. The van der Waals surface area contributed by atoms with Gasteiger partial charge in [0, 0.05) is 0 Å². The quantitative estimate of drug-likeness (QED) is 0.436. The molecule has 1 unspecified atom stereocenters. The van der Waals surface area contributed by atoms with E-state index in [1.807, 2.05) is 0 Å². The molecule has 0 aliphatic heterocycles. The largest absolute Gasteiger partial charge is 0.0616 e. The molecule has 22 heavy (non-hydrogen) atoms. The number of rotatable bonds is 0. The van der Waals surface area contributed by atoms with Crippen molar-refractivity contribution in [2.24, 2.45) is 11.3 Å². The fourth-order valence-electron chi connectivity index (χ4n) is 4.11. The van der Waals surface area contributed by atoms with Crippen molar-refractivity contribution in [3.63, 3.8) is 0 Å². The lowest BCUT2D eigenvalue weighted by molar-refractivity contribution is 0.216. The molecule has 0 aromatic heterocycles. The second-order valence-electron chi connectivity index (χ2n) is 7.89. The van der Waals surface area contributed by atoms with Crippen LogP contribution < -0.4 is 0 Å². The van der Waals surface area contributed by atoms with E-state index >= 15 is 0 Å². The zero-order valence-electron chi connectivity index (χ0n) is 13.8. The molecule has 0 heteroatoms. The molecule has 3 aromatic carbocycles. The van der Waals surface area contributed by atoms with Gasteiger partial charge in [0.25, 0.3) is 0 Å². The summed E-state index contributed by atoms with van der Waals surface area (Å²) in [6.45, 7) is 7.16. The molecule has 112 valence electrons. The molecule has 0 nitrogen and oxygen atoms in total. The van der Waals surface area contributed by atoms with E-state index in [1.165, 1.54) is 40.8 Å². The Morgan fingerprint density at radius 2 is 1.59 bits per heavy atom. The van der Waals surface area contributed by atoms with Gasteiger partial charge in [0.15, 0.2) is 0 Å². The van der Waals surface area contributed by atoms with Gasteiger partial charge in [-0.3, -0.25) is 0 Å². The van der Waals surface area contributed by atoms with Crippen molar-refractivity contribution < 1.29 is 0 Å². The van der Waals surface area contributed by atoms with Crippen LogP contribution in [-0.2, 0) is 12.8 Å². The average molecular weight is 288 g/mol. The van der Waals surface area contributed by atoms with Crippen molar-refractivity contribution in [1.82, 2.24) is 0 Å². The van der Waals surface area contributed by atoms with Crippen LogP contribution in [0, 0.1) is 11.3 Å². The minimum absolute atomic E-state index is 0.413. The molecule has 0 radical (unpaired) electrons. The molecule has 0 amide bonds. The maximum absolute atomic E-state index is 2.39. The maximum Gasteiger partial charge on any atom is -0.0102 e. The van der Waals surface area contributed by atoms with Gasteiger partial charge in [-0.15, -0.1) is 0 Å². The Labute approximate surface area is 133 Å². The molecule has 1 aliphatic rings. The molecule has 1 aliphatic carbocycles. The summed E-state index contributed by atoms with van der Waals surface area (Å²) in [5.74, 6) is 0.804. The molecule has 0 saturated carbocycles. The van der Waals surface area contributed by atoms with Gasteiger partial charge >= 0.3 is 0 Å². The number of aryl methyl sites for hydroxylation is 1. The molecular weight excluding hydrogens is 264 g/mol. The van der Waals surface area contributed by atoms with Crippen LogP contribution in [-0.4, -0.2) is 0 Å². The van der Waals surface area contributed by atoms with E-state index < -0.39 is 0 Å². The van der Waals surface area contributed by atoms with Crippen LogP contribution in [0.4, 0.5) is 0 Å². The highest BCUT2D eigenvalue weighted by molar-refractivity contribution is 6.08. The van der Waals surface area contributed by atoms with Crippen molar-refractivity contribution in [1.29, 1.82) is 0 Å². The standard InChI is InChI=1S/C22H24/c1-22(2,3)17-10-13-19-16(14-17)9-12-20-18-7-5-4-6-15(18)8-11-21(19)20/h4-9,11-12,17H,10,13-14H2,1-3H3. The first-order valence-electron chi connectivity index (χ1n) is 8.46. The Hall–Kier alpha value is -1.82. The van der Waals surface area contributed by atoms with E-state index in [0.29, 0.717) is 5.41 Å².